The van der Waals surface area contributed by atoms with E-state index >= 15 is 0 Å². The van der Waals surface area contributed by atoms with Gasteiger partial charge >= 0.3 is 0 Å². The number of aromatic carboxylic acids is 1. The minimum Gasteiger partial charge on any atom is -0.545 e. The van der Waals surface area contributed by atoms with Crippen LogP contribution in [0.25, 0.3) is 0 Å². The number of nitrogens with zero attached hydrogens (tertiary/aromatic N) is 4. The third kappa shape index (κ3) is 2.94. The first kappa shape index (κ1) is 15.9. The Morgan fingerprint density at radius 3 is 2.70 bits per heavy atom. The number of nitriles is 1. The van der Waals surface area contributed by atoms with Crippen molar-refractivity contribution in [3.63, 3.8) is 0 Å². The summed E-state index contributed by atoms with van der Waals surface area (Å²) in [6, 6.07) is 7.34. The lowest BCUT2D eigenvalue weighted by atomic mass is 10.1. The molecule has 0 bridgehead atoms. The van der Waals surface area contributed by atoms with Crippen molar-refractivity contribution in [2.45, 2.75) is 6.92 Å². The van der Waals surface area contributed by atoms with Crippen molar-refractivity contribution in [2.75, 3.05) is 0 Å². The number of pyridine rings is 1. The Morgan fingerprint density at radius 2 is 2.09 bits per heavy atom. The van der Waals surface area contributed by atoms with Gasteiger partial charge in [0, 0.05) is 12.6 Å². The van der Waals surface area contributed by atoms with E-state index in [-0.39, 0.29) is 28.1 Å². The van der Waals surface area contributed by atoms with Crippen LogP contribution in [0.15, 0.2) is 39.3 Å². The molecule has 23 heavy (non-hydrogen) atoms. The zero-order valence-electron chi connectivity index (χ0n) is 12.3. The number of carboxylic acid groups (broad SMARTS) is 1. The average Bonchev–Trinajstić information content (AvgIpc) is 2.53. The van der Waals surface area contributed by atoms with Gasteiger partial charge in [-0.1, -0.05) is 12.1 Å². The van der Waals surface area contributed by atoms with Gasteiger partial charge in [-0.2, -0.15) is 10.4 Å². The molecule has 8 nitrogen and oxygen atoms in total. The van der Waals surface area contributed by atoms with E-state index in [4.69, 9.17) is 5.26 Å². The molecule has 0 saturated heterocycles. The Morgan fingerprint density at radius 1 is 1.39 bits per heavy atom. The highest BCUT2D eigenvalue weighted by Gasteiger charge is 2.16. The predicted octanol–water partition coefficient (Wildman–Crippen LogP) is 1.05. The molecule has 0 amide bonds. The van der Waals surface area contributed by atoms with Crippen LogP contribution in [0.1, 0.15) is 21.5 Å². The van der Waals surface area contributed by atoms with Crippen LogP contribution in [-0.2, 0) is 7.05 Å². The zero-order chi connectivity index (χ0) is 17.1. The lowest BCUT2D eigenvalue weighted by Crippen LogP contribution is -2.21. The second-order valence-electron chi connectivity index (χ2n) is 4.69. The van der Waals surface area contributed by atoms with Gasteiger partial charge in [-0.3, -0.25) is 9.36 Å². The summed E-state index contributed by atoms with van der Waals surface area (Å²) in [4.78, 5) is 22.9. The fraction of sp³-hybridized carbons (Fsp3) is 0.133. The third-order valence-corrected chi connectivity index (χ3v) is 3.24. The lowest BCUT2D eigenvalue weighted by Gasteiger charge is -2.08. The highest BCUT2D eigenvalue weighted by Crippen LogP contribution is 2.26. The zero-order valence-corrected chi connectivity index (χ0v) is 12.3. The van der Waals surface area contributed by atoms with Crippen molar-refractivity contribution < 1.29 is 15.0 Å². The molecule has 0 spiro atoms. The van der Waals surface area contributed by atoms with E-state index in [1.165, 1.54) is 38.2 Å². The first-order chi connectivity index (χ1) is 10.9. The van der Waals surface area contributed by atoms with Gasteiger partial charge < -0.3 is 15.0 Å². The smallest absolute Gasteiger partial charge is 0.281 e. The molecule has 1 aromatic heterocycles. The summed E-state index contributed by atoms with van der Waals surface area (Å²) in [5.74, 6) is -1.81. The molecule has 0 aliphatic heterocycles. The predicted molar refractivity (Wildman–Crippen MR) is 77.7 cm³/mol. The summed E-state index contributed by atoms with van der Waals surface area (Å²) in [7, 11) is 1.30. The number of carbonyl (C=O) groups excluding carboxylic acids is 1. The second-order valence-corrected chi connectivity index (χ2v) is 4.69. The summed E-state index contributed by atoms with van der Waals surface area (Å²) in [5.41, 5.74) is -0.494. The summed E-state index contributed by atoms with van der Waals surface area (Å²) >= 11 is 0. The maximum atomic E-state index is 12.1. The Labute approximate surface area is 130 Å². The quantitative estimate of drug-likeness (QED) is 0.846. The van der Waals surface area contributed by atoms with Gasteiger partial charge in [-0.25, -0.2) is 0 Å². The van der Waals surface area contributed by atoms with Crippen LogP contribution < -0.4 is 10.7 Å². The molecule has 0 aliphatic rings. The molecule has 1 heterocycles. The average molecular weight is 311 g/mol. The molecule has 0 radical (unpaired) electrons. The van der Waals surface area contributed by atoms with Crippen molar-refractivity contribution in [3.8, 4) is 11.9 Å². The van der Waals surface area contributed by atoms with E-state index < -0.39 is 17.4 Å². The summed E-state index contributed by atoms with van der Waals surface area (Å²) in [6.45, 7) is 1.46. The van der Waals surface area contributed by atoms with Crippen molar-refractivity contribution in [3.05, 3.63) is 51.3 Å². The number of aromatic hydroxyl groups is 1. The molecule has 2 aromatic rings. The van der Waals surface area contributed by atoms with Gasteiger partial charge in [0.15, 0.2) is 5.69 Å². The molecule has 0 fully saturated rings. The van der Waals surface area contributed by atoms with Crippen LogP contribution >= 0.6 is 0 Å². The number of hydrogen-bond donors (Lipinski definition) is 1. The molecule has 0 atom stereocenters. The number of carbonyl (C=O) groups is 1. The van der Waals surface area contributed by atoms with Crippen molar-refractivity contribution in [2.24, 2.45) is 17.3 Å². The number of aromatic nitrogens is 1. The maximum Gasteiger partial charge on any atom is 0.281 e. The van der Waals surface area contributed by atoms with Gasteiger partial charge in [0.05, 0.1) is 11.7 Å². The first-order valence-corrected chi connectivity index (χ1v) is 6.42. The first-order valence-electron chi connectivity index (χ1n) is 6.42. The van der Waals surface area contributed by atoms with Crippen LogP contribution in [-0.4, -0.2) is 15.6 Å². The van der Waals surface area contributed by atoms with E-state index in [9.17, 15) is 19.8 Å². The van der Waals surface area contributed by atoms with Crippen LogP contribution in [0.3, 0.4) is 0 Å². The molecule has 2 rings (SSSR count). The van der Waals surface area contributed by atoms with E-state index in [1.54, 1.807) is 6.07 Å². The Balaban J connectivity index is 2.55. The molecule has 0 aliphatic carbocycles. The van der Waals surface area contributed by atoms with Gasteiger partial charge in [-0.15, -0.1) is 5.11 Å². The maximum absolute atomic E-state index is 12.1. The van der Waals surface area contributed by atoms with Crippen LogP contribution in [0.5, 0.6) is 5.88 Å². The summed E-state index contributed by atoms with van der Waals surface area (Å²) in [5, 5.41) is 37.2. The van der Waals surface area contributed by atoms with Gasteiger partial charge in [0.2, 0.25) is 5.88 Å². The highest BCUT2D eigenvalue weighted by atomic mass is 16.4. The monoisotopic (exact) mass is 311 g/mol. The third-order valence-electron chi connectivity index (χ3n) is 3.24. The number of benzene rings is 1. The van der Waals surface area contributed by atoms with Crippen LogP contribution in [0, 0.1) is 18.3 Å². The van der Waals surface area contributed by atoms with Crippen LogP contribution in [0.4, 0.5) is 11.4 Å². The number of carboxylic acids is 1. The second kappa shape index (κ2) is 6.11. The Hall–Kier alpha value is -3.47. The summed E-state index contributed by atoms with van der Waals surface area (Å²) in [6.07, 6.45) is 0. The van der Waals surface area contributed by atoms with E-state index in [2.05, 4.69) is 10.2 Å². The van der Waals surface area contributed by atoms with Crippen LogP contribution in [0.2, 0.25) is 0 Å². The van der Waals surface area contributed by atoms with Gasteiger partial charge in [0.25, 0.3) is 5.56 Å². The fourth-order valence-corrected chi connectivity index (χ4v) is 1.92. The van der Waals surface area contributed by atoms with Gasteiger partial charge in [0.1, 0.15) is 11.6 Å². The fourth-order valence-electron chi connectivity index (χ4n) is 1.92. The van der Waals surface area contributed by atoms with Gasteiger partial charge in [-0.05, 0) is 24.6 Å². The topological polar surface area (TPSA) is 131 Å². The number of rotatable bonds is 3. The normalized spacial score (nSPS) is 10.7. The van der Waals surface area contributed by atoms with E-state index in [1.807, 2.05) is 0 Å². The molecule has 0 unspecified atom stereocenters. The largest absolute Gasteiger partial charge is 0.545 e. The molecule has 0 saturated carbocycles. The molecule has 116 valence electrons. The number of hydrogen-bond acceptors (Lipinski definition) is 7. The van der Waals surface area contributed by atoms with Crippen molar-refractivity contribution >= 4 is 17.3 Å². The van der Waals surface area contributed by atoms with E-state index in [0.717, 1.165) is 4.57 Å². The summed E-state index contributed by atoms with van der Waals surface area (Å²) < 4.78 is 0.886. The molecule has 1 N–H and O–H groups in total. The standard InChI is InChI=1S/C15H12N4O4/c1-8-11(7-16)13(20)19(2)14(21)12(8)18-17-10-5-3-4-9(6-10)15(22)23/h3-6,20H,1-2H3,(H,22,23)/p-1. The molecular formula is C15H11N4O4-. The number of azo groups is 1. The Kier molecular flexibility index (Phi) is 4.23. The molecule has 8 heteroatoms. The minimum absolute atomic E-state index is 0.0745. The lowest BCUT2D eigenvalue weighted by molar-refractivity contribution is -0.255. The molecular weight excluding hydrogens is 300 g/mol. The SMILES string of the molecule is Cc1c(C#N)c(O)n(C)c(=O)c1N=Nc1cccc(C(=O)[O-])c1. The van der Waals surface area contributed by atoms with Crippen molar-refractivity contribution in [1.29, 1.82) is 5.26 Å². The van der Waals surface area contributed by atoms with E-state index in [0.29, 0.717) is 0 Å². The minimum atomic E-state index is -1.36. The molecule has 1 aromatic carbocycles. The highest BCUT2D eigenvalue weighted by molar-refractivity contribution is 5.86. The van der Waals surface area contributed by atoms with Crippen molar-refractivity contribution in [1.82, 2.24) is 4.57 Å². The Bertz CT molecular complexity index is 922.